The van der Waals surface area contributed by atoms with Crippen molar-refractivity contribution < 1.29 is 4.74 Å². The summed E-state index contributed by atoms with van der Waals surface area (Å²) in [7, 11) is 1.78. The van der Waals surface area contributed by atoms with E-state index >= 15 is 0 Å². The summed E-state index contributed by atoms with van der Waals surface area (Å²) in [6, 6.07) is 17.7. The topological polar surface area (TPSA) is 77.1 Å². The molecule has 0 bridgehead atoms. The van der Waals surface area contributed by atoms with Crippen LogP contribution in [0, 0.1) is 22.2 Å². The summed E-state index contributed by atoms with van der Waals surface area (Å²) < 4.78 is 8.38. The van der Waals surface area contributed by atoms with E-state index in [1.54, 1.807) is 12.1 Å². The third kappa shape index (κ3) is 4.95. The summed E-state index contributed by atoms with van der Waals surface area (Å²) in [6.07, 6.45) is 5.74. The summed E-state index contributed by atoms with van der Waals surface area (Å²) in [5, 5.41) is 20.2. The van der Waals surface area contributed by atoms with E-state index in [4.69, 9.17) is 10.1 Å². The van der Waals surface area contributed by atoms with Gasteiger partial charge in [0.1, 0.15) is 18.4 Å². The Balaban J connectivity index is 1.73. The van der Waals surface area contributed by atoms with Gasteiger partial charge in [-0.1, -0.05) is 45.0 Å². The highest BCUT2D eigenvalue weighted by atomic mass is 16.5. The van der Waals surface area contributed by atoms with E-state index in [0.717, 1.165) is 52.7 Å². The number of ether oxygens (including phenoxy) is 1. The predicted molar refractivity (Wildman–Crippen MR) is 138 cm³/mol. The van der Waals surface area contributed by atoms with Crippen molar-refractivity contribution in [2.45, 2.75) is 52.5 Å². The standard InChI is InChI=1S/C28H35N5O/c1-28(2,3)17-20-8-10-21(11-9-20)27-25(18-29)24-13-12-23(34-15-14-32(19-30)31-4)16-26(24)33(27)22-6-5-7-22/h8-13,16,19,22,30-31H,5-7,14-15,17H2,1-4H3. The molecule has 1 aliphatic rings. The average Bonchev–Trinajstić information content (AvgIpc) is 3.08. The maximum atomic E-state index is 10.2. The molecule has 2 aromatic carbocycles. The lowest BCUT2D eigenvalue weighted by Crippen LogP contribution is -2.36. The van der Waals surface area contributed by atoms with Gasteiger partial charge in [-0.2, -0.15) is 5.26 Å². The third-order valence-electron chi connectivity index (χ3n) is 6.53. The molecule has 178 valence electrons. The van der Waals surface area contributed by atoms with Gasteiger partial charge in [-0.25, -0.2) is 5.43 Å². The van der Waals surface area contributed by atoms with E-state index in [1.165, 1.54) is 18.3 Å². The molecule has 0 unspecified atom stereocenters. The van der Waals surface area contributed by atoms with Crippen LogP contribution in [0.5, 0.6) is 5.75 Å². The van der Waals surface area contributed by atoms with E-state index < -0.39 is 0 Å². The Kier molecular flexibility index (Phi) is 6.95. The van der Waals surface area contributed by atoms with Gasteiger partial charge in [0.15, 0.2) is 0 Å². The normalized spacial score (nSPS) is 14.0. The molecule has 4 rings (SSSR count). The molecule has 0 saturated heterocycles. The summed E-state index contributed by atoms with van der Waals surface area (Å²) in [6.45, 7) is 7.79. The molecule has 0 atom stereocenters. The van der Waals surface area contributed by atoms with E-state index in [-0.39, 0.29) is 5.41 Å². The van der Waals surface area contributed by atoms with Crippen molar-refractivity contribution in [3.8, 4) is 23.1 Å². The zero-order chi connectivity index (χ0) is 24.3. The summed E-state index contributed by atoms with van der Waals surface area (Å²) in [4.78, 5) is 0. The number of benzene rings is 2. The number of nitriles is 1. The smallest absolute Gasteiger partial charge is 0.121 e. The second kappa shape index (κ2) is 9.90. The molecule has 0 radical (unpaired) electrons. The lowest BCUT2D eigenvalue weighted by molar-refractivity contribution is 0.244. The summed E-state index contributed by atoms with van der Waals surface area (Å²) in [5.41, 5.74) is 8.39. The number of nitrogens with one attached hydrogen (secondary N) is 2. The second-order valence-corrected chi connectivity index (χ2v) is 10.3. The molecule has 1 aromatic heterocycles. The fourth-order valence-electron chi connectivity index (χ4n) is 4.70. The number of hydrogen-bond acceptors (Lipinski definition) is 4. The maximum absolute atomic E-state index is 10.2. The SMILES string of the molecule is CNN(C=N)CCOc1ccc2c(C#N)c(-c3ccc(CC(C)(C)C)cc3)n(C3CCC3)c2c1. The zero-order valence-electron chi connectivity index (χ0n) is 20.7. The number of fused-ring (bicyclic) bond motifs is 1. The minimum Gasteiger partial charge on any atom is -0.492 e. The molecule has 2 N–H and O–H groups in total. The van der Waals surface area contributed by atoms with Crippen LogP contribution in [0.4, 0.5) is 0 Å². The molecule has 1 saturated carbocycles. The van der Waals surface area contributed by atoms with Crippen molar-refractivity contribution in [1.29, 1.82) is 10.7 Å². The minimum absolute atomic E-state index is 0.236. The molecule has 1 heterocycles. The Hall–Kier alpha value is -3.30. The molecular formula is C28H35N5O. The van der Waals surface area contributed by atoms with Crippen molar-refractivity contribution >= 4 is 17.2 Å². The molecule has 1 fully saturated rings. The molecule has 0 spiro atoms. The van der Waals surface area contributed by atoms with Crippen LogP contribution < -0.4 is 10.2 Å². The van der Waals surface area contributed by atoms with Gasteiger partial charge in [0, 0.05) is 24.5 Å². The van der Waals surface area contributed by atoms with Crippen LogP contribution in [-0.4, -0.2) is 36.1 Å². The number of rotatable bonds is 9. The third-order valence-corrected chi connectivity index (χ3v) is 6.53. The van der Waals surface area contributed by atoms with E-state index in [0.29, 0.717) is 19.2 Å². The van der Waals surface area contributed by atoms with E-state index in [2.05, 4.69) is 67.2 Å². The van der Waals surface area contributed by atoms with Crippen LogP contribution in [0.1, 0.15) is 57.2 Å². The Labute approximate surface area is 202 Å². The molecule has 0 aliphatic heterocycles. The molecule has 6 heteroatoms. The molecule has 1 aliphatic carbocycles. The monoisotopic (exact) mass is 457 g/mol. The van der Waals surface area contributed by atoms with Gasteiger partial charge in [-0.05, 0) is 54.4 Å². The maximum Gasteiger partial charge on any atom is 0.121 e. The first-order valence-electron chi connectivity index (χ1n) is 12.1. The quantitative estimate of drug-likeness (QED) is 0.238. The average molecular weight is 458 g/mol. The molecule has 6 nitrogen and oxygen atoms in total. The van der Waals surface area contributed by atoms with Crippen LogP contribution >= 0.6 is 0 Å². The minimum atomic E-state index is 0.236. The second-order valence-electron chi connectivity index (χ2n) is 10.3. The number of hydrogen-bond donors (Lipinski definition) is 2. The van der Waals surface area contributed by atoms with Gasteiger partial charge < -0.3 is 9.30 Å². The van der Waals surface area contributed by atoms with Crippen molar-refractivity contribution in [2.75, 3.05) is 20.2 Å². The van der Waals surface area contributed by atoms with Crippen molar-refractivity contribution in [1.82, 2.24) is 15.0 Å². The Morgan fingerprint density at radius 2 is 1.94 bits per heavy atom. The number of nitrogens with zero attached hydrogens (tertiary/aromatic N) is 3. The zero-order valence-corrected chi connectivity index (χ0v) is 20.7. The van der Waals surface area contributed by atoms with Crippen molar-refractivity contribution in [3.05, 3.63) is 53.6 Å². The summed E-state index contributed by atoms with van der Waals surface area (Å²) >= 11 is 0. The first-order valence-corrected chi connectivity index (χ1v) is 12.1. The Morgan fingerprint density at radius 1 is 1.21 bits per heavy atom. The lowest BCUT2D eigenvalue weighted by atomic mass is 9.87. The molecule has 0 amide bonds. The van der Waals surface area contributed by atoms with Crippen LogP contribution in [0.15, 0.2) is 42.5 Å². The largest absolute Gasteiger partial charge is 0.492 e. The molecule has 3 aromatic rings. The highest BCUT2D eigenvalue weighted by Gasteiger charge is 2.28. The fraction of sp³-hybridized carbons (Fsp3) is 0.429. The van der Waals surface area contributed by atoms with Gasteiger partial charge >= 0.3 is 0 Å². The van der Waals surface area contributed by atoms with Gasteiger partial charge in [-0.15, -0.1) is 0 Å². The first-order chi connectivity index (χ1) is 16.3. The number of hydrazine groups is 1. The molecule has 34 heavy (non-hydrogen) atoms. The highest BCUT2D eigenvalue weighted by Crippen LogP contribution is 2.43. The van der Waals surface area contributed by atoms with Gasteiger partial charge in [0.05, 0.1) is 29.7 Å². The molecular weight excluding hydrogens is 422 g/mol. The Morgan fingerprint density at radius 3 is 2.50 bits per heavy atom. The van der Waals surface area contributed by atoms with Crippen molar-refractivity contribution in [2.24, 2.45) is 5.41 Å². The highest BCUT2D eigenvalue weighted by molar-refractivity contribution is 5.95. The number of aromatic nitrogens is 1. The lowest BCUT2D eigenvalue weighted by Gasteiger charge is -2.30. The van der Waals surface area contributed by atoms with Crippen LogP contribution in [0.25, 0.3) is 22.2 Å². The Bertz CT molecular complexity index is 1190. The van der Waals surface area contributed by atoms with Gasteiger partial charge in [0.2, 0.25) is 0 Å². The van der Waals surface area contributed by atoms with Crippen LogP contribution in [0.3, 0.4) is 0 Å². The van der Waals surface area contributed by atoms with E-state index in [1.807, 2.05) is 12.1 Å². The van der Waals surface area contributed by atoms with Gasteiger partial charge in [-0.3, -0.25) is 10.4 Å². The predicted octanol–water partition coefficient (Wildman–Crippen LogP) is 5.92. The first kappa shape index (κ1) is 23.8. The fourth-order valence-corrected chi connectivity index (χ4v) is 4.70. The van der Waals surface area contributed by atoms with E-state index in [9.17, 15) is 5.26 Å². The van der Waals surface area contributed by atoms with Crippen molar-refractivity contribution in [3.63, 3.8) is 0 Å². The van der Waals surface area contributed by atoms with Crippen LogP contribution in [0.2, 0.25) is 0 Å². The summed E-state index contributed by atoms with van der Waals surface area (Å²) in [5.74, 6) is 0.781. The van der Waals surface area contributed by atoms with Gasteiger partial charge in [0.25, 0.3) is 0 Å². The van der Waals surface area contributed by atoms with Crippen LogP contribution in [-0.2, 0) is 6.42 Å².